The number of nitrogens with zero attached hydrogens (tertiary/aromatic N) is 3. The normalized spacial score (nSPS) is 18.2. The van der Waals surface area contributed by atoms with Crippen LogP contribution in [0.4, 0.5) is 4.39 Å². The lowest BCUT2D eigenvalue weighted by Gasteiger charge is -2.31. The molecular formula is C18H23FN4O2. The number of hydrogen-bond acceptors (Lipinski definition) is 5. The lowest BCUT2D eigenvalue weighted by atomic mass is 9.98. The van der Waals surface area contributed by atoms with Gasteiger partial charge in [-0.25, -0.2) is 4.39 Å². The summed E-state index contributed by atoms with van der Waals surface area (Å²) in [6, 6.07) is 6.61. The van der Waals surface area contributed by atoms with Crippen molar-refractivity contribution in [2.24, 2.45) is 5.92 Å². The second kappa shape index (κ2) is 8.20. The topological polar surface area (TPSA) is 71.3 Å². The summed E-state index contributed by atoms with van der Waals surface area (Å²) < 4.78 is 19.0. The Morgan fingerprint density at radius 1 is 1.44 bits per heavy atom. The van der Waals surface area contributed by atoms with E-state index in [1.807, 2.05) is 0 Å². The third-order valence-corrected chi connectivity index (χ3v) is 4.42. The van der Waals surface area contributed by atoms with Gasteiger partial charge in [-0.2, -0.15) is 4.98 Å². The molecule has 2 aromatic rings. The van der Waals surface area contributed by atoms with Crippen molar-refractivity contribution in [1.29, 1.82) is 0 Å². The zero-order chi connectivity index (χ0) is 17.6. The van der Waals surface area contributed by atoms with E-state index in [1.165, 1.54) is 13.0 Å². The first kappa shape index (κ1) is 17.5. The predicted octanol–water partition coefficient (Wildman–Crippen LogP) is 2.15. The van der Waals surface area contributed by atoms with Crippen LogP contribution in [-0.2, 0) is 17.8 Å². The maximum absolute atomic E-state index is 13.7. The minimum Gasteiger partial charge on any atom is -0.356 e. The highest BCUT2D eigenvalue weighted by atomic mass is 19.1. The van der Waals surface area contributed by atoms with E-state index in [1.54, 1.807) is 18.2 Å². The van der Waals surface area contributed by atoms with Crippen molar-refractivity contribution >= 4 is 5.91 Å². The third kappa shape index (κ3) is 5.09. The number of likely N-dealkylation sites (tertiary alicyclic amines) is 1. The molecule has 7 heteroatoms. The first-order valence-corrected chi connectivity index (χ1v) is 8.62. The van der Waals surface area contributed by atoms with Crippen molar-refractivity contribution in [2.75, 3.05) is 19.6 Å². The van der Waals surface area contributed by atoms with Crippen molar-refractivity contribution in [2.45, 2.75) is 32.7 Å². The molecule has 0 radical (unpaired) electrons. The zero-order valence-corrected chi connectivity index (χ0v) is 14.4. The van der Waals surface area contributed by atoms with E-state index in [4.69, 9.17) is 4.52 Å². The van der Waals surface area contributed by atoms with Gasteiger partial charge >= 0.3 is 0 Å². The summed E-state index contributed by atoms with van der Waals surface area (Å²) in [5, 5.41) is 6.84. The standard InChI is InChI=1S/C18H23FN4O2/c1-13(24)20-10-14-5-4-8-23(11-14)12-18-21-17(22-25-18)9-15-6-2-3-7-16(15)19/h2-3,6-7,14H,4-5,8-12H2,1H3,(H,20,24). The number of rotatable bonds is 6. The smallest absolute Gasteiger partial charge is 0.240 e. The van der Waals surface area contributed by atoms with Crippen LogP contribution in [0.25, 0.3) is 0 Å². The molecule has 1 amide bonds. The Morgan fingerprint density at radius 2 is 2.28 bits per heavy atom. The van der Waals surface area contributed by atoms with Crippen LogP contribution in [0.2, 0.25) is 0 Å². The van der Waals surface area contributed by atoms with E-state index in [0.717, 1.165) is 25.9 Å². The van der Waals surface area contributed by atoms with Gasteiger partial charge in [-0.1, -0.05) is 23.4 Å². The van der Waals surface area contributed by atoms with Crippen LogP contribution in [0.5, 0.6) is 0 Å². The minimum absolute atomic E-state index is 0.00631. The Kier molecular flexibility index (Phi) is 5.75. The number of aromatic nitrogens is 2. The summed E-state index contributed by atoms with van der Waals surface area (Å²) in [4.78, 5) is 17.7. The van der Waals surface area contributed by atoms with Gasteiger partial charge in [0.2, 0.25) is 11.8 Å². The summed E-state index contributed by atoms with van der Waals surface area (Å²) in [6.45, 7) is 4.69. The number of nitrogens with one attached hydrogen (secondary N) is 1. The summed E-state index contributed by atoms with van der Waals surface area (Å²) >= 11 is 0. The second-order valence-corrected chi connectivity index (χ2v) is 6.55. The predicted molar refractivity (Wildman–Crippen MR) is 90.2 cm³/mol. The van der Waals surface area contributed by atoms with Crippen LogP contribution in [0.1, 0.15) is 37.0 Å². The molecule has 0 spiro atoms. The Hall–Kier alpha value is -2.28. The van der Waals surface area contributed by atoms with Gasteiger partial charge in [0.05, 0.1) is 6.54 Å². The van der Waals surface area contributed by atoms with E-state index < -0.39 is 0 Å². The molecule has 2 heterocycles. The first-order chi connectivity index (χ1) is 12.1. The van der Waals surface area contributed by atoms with E-state index in [0.29, 0.717) is 42.7 Å². The van der Waals surface area contributed by atoms with Crippen molar-refractivity contribution in [3.8, 4) is 0 Å². The number of carbonyl (C=O) groups is 1. The third-order valence-electron chi connectivity index (χ3n) is 4.42. The molecule has 1 N–H and O–H groups in total. The average molecular weight is 346 g/mol. The summed E-state index contributed by atoms with van der Waals surface area (Å²) in [7, 11) is 0. The van der Waals surface area contributed by atoms with E-state index >= 15 is 0 Å². The number of piperidine rings is 1. The number of hydrogen-bond donors (Lipinski definition) is 1. The average Bonchev–Trinajstić information content (AvgIpc) is 3.02. The van der Waals surface area contributed by atoms with E-state index in [2.05, 4.69) is 20.4 Å². The maximum atomic E-state index is 13.7. The highest BCUT2D eigenvalue weighted by Gasteiger charge is 2.22. The summed E-state index contributed by atoms with van der Waals surface area (Å²) in [5.41, 5.74) is 0.559. The Labute approximate surface area is 146 Å². The highest BCUT2D eigenvalue weighted by Crippen LogP contribution is 2.18. The molecule has 0 aliphatic carbocycles. The van der Waals surface area contributed by atoms with E-state index in [-0.39, 0.29) is 11.7 Å². The summed E-state index contributed by atoms with van der Waals surface area (Å²) in [5.74, 6) is 1.23. The monoisotopic (exact) mass is 346 g/mol. The van der Waals surface area contributed by atoms with Crippen molar-refractivity contribution in [1.82, 2.24) is 20.4 Å². The Bertz CT molecular complexity index is 719. The Balaban J connectivity index is 1.54. The molecule has 1 aromatic carbocycles. The van der Waals surface area contributed by atoms with Crippen LogP contribution >= 0.6 is 0 Å². The molecule has 1 atom stereocenters. The quantitative estimate of drug-likeness (QED) is 0.868. The number of amides is 1. The molecule has 3 rings (SSSR count). The second-order valence-electron chi connectivity index (χ2n) is 6.55. The first-order valence-electron chi connectivity index (χ1n) is 8.62. The lowest BCUT2D eigenvalue weighted by Crippen LogP contribution is -2.40. The minimum atomic E-state index is -0.259. The molecule has 0 bridgehead atoms. The molecule has 1 aliphatic heterocycles. The summed E-state index contributed by atoms with van der Waals surface area (Å²) in [6.07, 6.45) is 2.51. The largest absolute Gasteiger partial charge is 0.356 e. The van der Waals surface area contributed by atoms with Crippen LogP contribution in [-0.4, -0.2) is 40.6 Å². The van der Waals surface area contributed by atoms with Gasteiger partial charge in [0.25, 0.3) is 0 Å². The van der Waals surface area contributed by atoms with Crippen LogP contribution in [0, 0.1) is 11.7 Å². The fourth-order valence-electron chi connectivity index (χ4n) is 3.18. The fraction of sp³-hybridized carbons (Fsp3) is 0.500. The van der Waals surface area contributed by atoms with Gasteiger partial charge in [0.1, 0.15) is 5.82 Å². The molecule has 1 unspecified atom stereocenters. The van der Waals surface area contributed by atoms with Gasteiger partial charge in [-0.05, 0) is 36.9 Å². The van der Waals surface area contributed by atoms with Crippen molar-refractivity contribution < 1.29 is 13.7 Å². The van der Waals surface area contributed by atoms with Gasteiger partial charge in [-0.15, -0.1) is 0 Å². The zero-order valence-electron chi connectivity index (χ0n) is 14.4. The molecule has 25 heavy (non-hydrogen) atoms. The fourth-order valence-corrected chi connectivity index (χ4v) is 3.18. The van der Waals surface area contributed by atoms with Crippen LogP contribution in [0.15, 0.2) is 28.8 Å². The van der Waals surface area contributed by atoms with Crippen LogP contribution in [0.3, 0.4) is 0 Å². The SMILES string of the molecule is CC(=O)NCC1CCCN(Cc2nc(Cc3ccccc3F)no2)C1. The molecule has 6 nitrogen and oxygen atoms in total. The van der Waals surface area contributed by atoms with E-state index in [9.17, 15) is 9.18 Å². The van der Waals surface area contributed by atoms with Crippen LogP contribution < -0.4 is 5.32 Å². The van der Waals surface area contributed by atoms with Gasteiger partial charge in [-0.3, -0.25) is 9.69 Å². The maximum Gasteiger partial charge on any atom is 0.240 e. The van der Waals surface area contributed by atoms with Gasteiger partial charge in [0, 0.05) is 26.4 Å². The molecule has 1 aliphatic rings. The number of benzene rings is 1. The highest BCUT2D eigenvalue weighted by molar-refractivity contribution is 5.72. The van der Waals surface area contributed by atoms with Crippen molar-refractivity contribution in [3.05, 3.63) is 47.4 Å². The lowest BCUT2D eigenvalue weighted by molar-refractivity contribution is -0.119. The van der Waals surface area contributed by atoms with Crippen molar-refractivity contribution in [3.63, 3.8) is 0 Å². The van der Waals surface area contributed by atoms with Gasteiger partial charge < -0.3 is 9.84 Å². The number of halogens is 1. The molecule has 0 saturated carbocycles. The van der Waals surface area contributed by atoms with Gasteiger partial charge in [0.15, 0.2) is 5.82 Å². The molecule has 1 fully saturated rings. The number of carbonyl (C=O) groups excluding carboxylic acids is 1. The Morgan fingerprint density at radius 3 is 3.08 bits per heavy atom. The molecule has 1 aromatic heterocycles. The molecule has 1 saturated heterocycles. The molecular weight excluding hydrogens is 323 g/mol. The molecule has 134 valence electrons.